The third-order valence-corrected chi connectivity index (χ3v) is 3.59. The molecule has 0 bridgehead atoms. The number of halogens is 7. The minimum absolute atomic E-state index is 0.0596. The van der Waals surface area contributed by atoms with Gasteiger partial charge in [0.1, 0.15) is 0 Å². The SMILES string of the molecule is O=C(NCCC(F)(F)F)c1cnc(OCC(F)(F)F)c(-c2ccc(Cl)cc2)c1. The van der Waals surface area contributed by atoms with Gasteiger partial charge in [0.25, 0.3) is 5.91 Å². The molecule has 1 aromatic heterocycles. The second-order valence-electron chi connectivity index (χ2n) is 5.61. The van der Waals surface area contributed by atoms with Crippen LogP contribution < -0.4 is 10.1 Å². The number of ether oxygens (including phenoxy) is 1. The van der Waals surface area contributed by atoms with Gasteiger partial charge in [-0.25, -0.2) is 4.98 Å². The van der Waals surface area contributed by atoms with Crippen LogP contribution in [0.3, 0.4) is 0 Å². The molecule has 0 saturated carbocycles. The average Bonchev–Trinajstić information content (AvgIpc) is 2.58. The van der Waals surface area contributed by atoms with E-state index in [1.54, 1.807) is 0 Å². The van der Waals surface area contributed by atoms with E-state index in [4.69, 9.17) is 16.3 Å². The number of hydrogen-bond donors (Lipinski definition) is 1. The monoisotopic (exact) mass is 426 g/mol. The van der Waals surface area contributed by atoms with Crippen LogP contribution in [0.1, 0.15) is 16.8 Å². The maximum Gasteiger partial charge on any atom is 0.422 e. The number of rotatable bonds is 6. The zero-order valence-electron chi connectivity index (χ0n) is 14.0. The van der Waals surface area contributed by atoms with Gasteiger partial charge < -0.3 is 10.1 Å². The van der Waals surface area contributed by atoms with E-state index < -0.39 is 37.8 Å². The van der Waals surface area contributed by atoms with Crippen molar-refractivity contribution in [3.8, 4) is 17.0 Å². The summed E-state index contributed by atoms with van der Waals surface area (Å²) in [5, 5.41) is 2.45. The fourth-order valence-electron chi connectivity index (χ4n) is 2.10. The van der Waals surface area contributed by atoms with E-state index in [0.717, 1.165) is 6.20 Å². The summed E-state index contributed by atoms with van der Waals surface area (Å²) >= 11 is 5.78. The number of hydrogen-bond acceptors (Lipinski definition) is 3. The largest absolute Gasteiger partial charge is 0.468 e. The topological polar surface area (TPSA) is 51.2 Å². The Balaban J connectivity index is 2.28. The predicted molar refractivity (Wildman–Crippen MR) is 89.2 cm³/mol. The first-order valence-electron chi connectivity index (χ1n) is 7.75. The van der Waals surface area contributed by atoms with Crippen LogP contribution in [0.4, 0.5) is 26.3 Å². The molecule has 1 heterocycles. The van der Waals surface area contributed by atoms with Crippen LogP contribution in [-0.4, -0.2) is 36.4 Å². The molecule has 4 nitrogen and oxygen atoms in total. The van der Waals surface area contributed by atoms with Gasteiger partial charge >= 0.3 is 12.4 Å². The van der Waals surface area contributed by atoms with Gasteiger partial charge in [-0.15, -0.1) is 0 Å². The number of nitrogens with one attached hydrogen (secondary N) is 1. The van der Waals surface area contributed by atoms with Gasteiger partial charge in [-0.1, -0.05) is 23.7 Å². The number of carbonyl (C=O) groups excluding carboxylic acids is 1. The van der Waals surface area contributed by atoms with Crippen LogP contribution in [0.2, 0.25) is 5.02 Å². The summed E-state index contributed by atoms with van der Waals surface area (Å²) in [6.45, 7) is -2.25. The summed E-state index contributed by atoms with van der Waals surface area (Å²) in [6, 6.07) is 7.09. The Hall–Kier alpha value is -2.49. The average molecular weight is 427 g/mol. The van der Waals surface area contributed by atoms with Gasteiger partial charge in [0, 0.05) is 23.3 Å². The fraction of sp³-hybridized carbons (Fsp3) is 0.294. The van der Waals surface area contributed by atoms with Gasteiger partial charge in [0.2, 0.25) is 5.88 Å². The minimum Gasteiger partial charge on any atom is -0.468 e. The molecule has 28 heavy (non-hydrogen) atoms. The molecule has 11 heteroatoms. The van der Waals surface area contributed by atoms with Crippen molar-refractivity contribution in [2.45, 2.75) is 18.8 Å². The fourth-order valence-corrected chi connectivity index (χ4v) is 2.22. The van der Waals surface area contributed by atoms with Gasteiger partial charge in [0.05, 0.1) is 12.0 Å². The summed E-state index contributed by atoms with van der Waals surface area (Å²) in [5.41, 5.74) is 0.287. The highest BCUT2D eigenvalue weighted by molar-refractivity contribution is 6.30. The molecule has 2 rings (SSSR count). The van der Waals surface area contributed by atoms with Crippen molar-refractivity contribution >= 4 is 17.5 Å². The number of nitrogens with zero attached hydrogens (tertiary/aromatic N) is 1. The molecular formula is C17H13ClF6N2O2. The lowest BCUT2D eigenvalue weighted by atomic mass is 10.0. The third-order valence-electron chi connectivity index (χ3n) is 3.34. The van der Waals surface area contributed by atoms with Crippen molar-refractivity contribution in [3.63, 3.8) is 0 Å². The molecule has 1 aromatic carbocycles. The highest BCUT2D eigenvalue weighted by Crippen LogP contribution is 2.31. The van der Waals surface area contributed by atoms with Crippen LogP contribution in [0.15, 0.2) is 36.5 Å². The molecule has 0 radical (unpaired) electrons. The number of pyridine rings is 1. The molecule has 0 atom stereocenters. The third kappa shape index (κ3) is 6.91. The Morgan fingerprint density at radius 3 is 2.29 bits per heavy atom. The maximum absolute atomic E-state index is 12.4. The van der Waals surface area contributed by atoms with Gasteiger partial charge in [-0.3, -0.25) is 4.79 Å². The van der Waals surface area contributed by atoms with E-state index in [9.17, 15) is 31.1 Å². The Morgan fingerprint density at radius 1 is 1.07 bits per heavy atom. The molecule has 1 N–H and O–H groups in total. The summed E-state index contributed by atoms with van der Waals surface area (Å²) in [5.74, 6) is -1.24. The van der Waals surface area contributed by atoms with Gasteiger partial charge in [-0.2, -0.15) is 26.3 Å². The summed E-state index contributed by atoms with van der Waals surface area (Å²) in [6.07, 6.45) is -9.33. The lowest BCUT2D eigenvalue weighted by Gasteiger charge is -2.14. The van der Waals surface area contributed by atoms with Crippen molar-refractivity contribution < 1.29 is 35.9 Å². The Bertz CT molecular complexity index is 822. The number of alkyl halides is 6. The van der Waals surface area contributed by atoms with Crippen molar-refractivity contribution in [1.29, 1.82) is 0 Å². The first kappa shape index (κ1) is 21.8. The van der Waals surface area contributed by atoms with Crippen molar-refractivity contribution in [3.05, 3.63) is 47.1 Å². The zero-order valence-corrected chi connectivity index (χ0v) is 14.8. The molecule has 0 aliphatic heterocycles. The quantitative estimate of drug-likeness (QED) is 0.659. The van der Waals surface area contributed by atoms with Crippen molar-refractivity contribution in [2.75, 3.05) is 13.2 Å². The number of carbonyl (C=O) groups is 1. The normalized spacial score (nSPS) is 12.0. The van der Waals surface area contributed by atoms with E-state index >= 15 is 0 Å². The standard InChI is InChI=1S/C17H13ClF6N2O2/c18-12-3-1-10(2-4-12)13-7-11(14(27)25-6-5-16(19,20)21)8-26-15(13)28-9-17(22,23)24/h1-4,7-8H,5-6,9H2,(H,25,27). The summed E-state index contributed by atoms with van der Waals surface area (Å²) in [7, 11) is 0. The van der Waals surface area contributed by atoms with E-state index in [1.807, 2.05) is 0 Å². The maximum atomic E-state index is 12.4. The van der Waals surface area contributed by atoms with Crippen LogP contribution in [-0.2, 0) is 0 Å². The first-order valence-corrected chi connectivity index (χ1v) is 8.13. The van der Waals surface area contributed by atoms with E-state index in [-0.39, 0.29) is 17.0 Å². The Morgan fingerprint density at radius 2 is 1.71 bits per heavy atom. The van der Waals surface area contributed by atoms with E-state index in [1.165, 1.54) is 30.3 Å². The molecule has 0 fully saturated rings. The first-order chi connectivity index (χ1) is 12.9. The molecule has 0 aliphatic rings. The van der Waals surface area contributed by atoms with E-state index in [2.05, 4.69) is 10.3 Å². The zero-order chi connectivity index (χ0) is 20.9. The summed E-state index contributed by atoms with van der Waals surface area (Å²) < 4.78 is 78.6. The number of amides is 1. The summed E-state index contributed by atoms with van der Waals surface area (Å²) in [4.78, 5) is 15.8. The molecule has 0 unspecified atom stereocenters. The van der Waals surface area contributed by atoms with Crippen LogP contribution >= 0.6 is 11.6 Å². The molecule has 1 amide bonds. The Labute approximate surface area is 160 Å². The van der Waals surface area contributed by atoms with E-state index in [0.29, 0.717) is 10.6 Å². The number of aromatic nitrogens is 1. The molecule has 0 saturated heterocycles. The predicted octanol–water partition coefficient (Wildman–Crippen LogP) is 5.03. The van der Waals surface area contributed by atoms with Crippen LogP contribution in [0.5, 0.6) is 5.88 Å². The molecular weight excluding hydrogens is 414 g/mol. The lowest BCUT2D eigenvalue weighted by Crippen LogP contribution is -2.28. The lowest BCUT2D eigenvalue weighted by molar-refractivity contribution is -0.154. The van der Waals surface area contributed by atoms with Gasteiger partial charge in [-0.05, 0) is 23.8 Å². The Kier molecular flexibility index (Phi) is 6.76. The second kappa shape index (κ2) is 8.68. The molecule has 152 valence electrons. The highest BCUT2D eigenvalue weighted by atomic mass is 35.5. The second-order valence-corrected chi connectivity index (χ2v) is 6.04. The molecule has 0 aliphatic carbocycles. The smallest absolute Gasteiger partial charge is 0.422 e. The molecule has 0 spiro atoms. The molecule has 2 aromatic rings. The van der Waals surface area contributed by atoms with Crippen LogP contribution in [0, 0.1) is 0 Å². The van der Waals surface area contributed by atoms with Crippen molar-refractivity contribution in [1.82, 2.24) is 10.3 Å². The van der Waals surface area contributed by atoms with Crippen molar-refractivity contribution in [2.24, 2.45) is 0 Å². The van der Waals surface area contributed by atoms with Crippen LogP contribution in [0.25, 0.3) is 11.1 Å². The minimum atomic E-state index is -4.60. The number of benzene rings is 1. The van der Waals surface area contributed by atoms with Gasteiger partial charge in [0.15, 0.2) is 6.61 Å². The highest BCUT2D eigenvalue weighted by Gasteiger charge is 2.30.